The van der Waals surface area contributed by atoms with Gasteiger partial charge in [0.05, 0.1) is 35.7 Å². The van der Waals surface area contributed by atoms with Gasteiger partial charge >= 0.3 is 0 Å². The fraction of sp³-hybridized carbons (Fsp3) is 0.0741. The Morgan fingerprint density at radius 2 is 1.72 bits per heavy atom. The van der Waals surface area contributed by atoms with Crippen LogP contribution in [0.4, 0.5) is 20.2 Å². The molecule has 0 fully saturated rings. The molecule has 5 aromatic rings. The summed E-state index contributed by atoms with van der Waals surface area (Å²) in [5, 5.41) is 18.0. The van der Waals surface area contributed by atoms with E-state index in [1.54, 1.807) is 54.6 Å². The van der Waals surface area contributed by atoms with Crippen molar-refractivity contribution in [3.63, 3.8) is 0 Å². The van der Waals surface area contributed by atoms with Crippen LogP contribution < -0.4 is 14.8 Å². The number of hydrogen-bond donors (Lipinski definition) is 1. The highest BCUT2D eigenvalue weighted by Crippen LogP contribution is 2.32. The topological polar surface area (TPSA) is 121 Å². The van der Waals surface area contributed by atoms with E-state index in [0.717, 1.165) is 16.8 Å². The SMILES string of the molecule is COc1ccc(Oc2cc(NC(=O)c3cnn4c(C(F)F)cc(-c5ccccc5)nc34)cc([N+](=O)[O-])c2)cc1. The molecule has 0 saturated carbocycles. The number of carbonyl (C=O) groups excluding carboxylic acids is 1. The van der Waals surface area contributed by atoms with Crippen molar-refractivity contribution in [2.75, 3.05) is 12.4 Å². The molecule has 0 spiro atoms. The van der Waals surface area contributed by atoms with Crippen molar-refractivity contribution in [3.8, 4) is 28.5 Å². The number of rotatable bonds is 8. The van der Waals surface area contributed by atoms with Crippen LogP contribution in [-0.2, 0) is 0 Å². The van der Waals surface area contributed by atoms with E-state index < -0.39 is 22.9 Å². The van der Waals surface area contributed by atoms with E-state index >= 15 is 0 Å². The molecule has 2 heterocycles. The first-order valence-corrected chi connectivity index (χ1v) is 11.5. The van der Waals surface area contributed by atoms with E-state index in [1.165, 1.54) is 25.3 Å². The van der Waals surface area contributed by atoms with Crippen LogP contribution in [0.3, 0.4) is 0 Å². The van der Waals surface area contributed by atoms with Crippen LogP contribution >= 0.6 is 0 Å². The van der Waals surface area contributed by atoms with E-state index in [2.05, 4.69) is 15.4 Å². The molecular weight excluding hydrogens is 512 g/mol. The quantitative estimate of drug-likeness (QED) is 0.184. The Kier molecular flexibility index (Phi) is 6.83. The van der Waals surface area contributed by atoms with Crippen LogP contribution in [0, 0.1) is 10.1 Å². The highest BCUT2D eigenvalue weighted by Gasteiger charge is 2.22. The van der Waals surface area contributed by atoms with Gasteiger partial charge in [-0.05, 0) is 30.3 Å². The molecule has 0 aliphatic rings. The third kappa shape index (κ3) is 5.34. The molecule has 196 valence electrons. The van der Waals surface area contributed by atoms with E-state index in [-0.39, 0.29) is 34.0 Å². The van der Waals surface area contributed by atoms with Crippen molar-refractivity contribution in [1.29, 1.82) is 0 Å². The molecule has 10 nitrogen and oxygen atoms in total. The molecule has 0 saturated heterocycles. The maximum absolute atomic E-state index is 13.9. The Bertz CT molecular complexity index is 1670. The number of non-ortho nitro benzene ring substituents is 1. The normalized spacial score (nSPS) is 11.0. The molecule has 0 unspecified atom stereocenters. The zero-order valence-corrected chi connectivity index (χ0v) is 20.2. The molecule has 0 aliphatic carbocycles. The largest absolute Gasteiger partial charge is 0.497 e. The highest BCUT2D eigenvalue weighted by molar-refractivity contribution is 6.08. The molecule has 1 N–H and O–H groups in total. The van der Waals surface area contributed by atoms with Crippen LogP contribution in [0.5, 0.6) is 17.2 Å². The lowest BCUT2D eigenvalue weighted by Crippen LogP contribution is -2.13. The maximum atomic E-state index is 13.9. The number of nitrogens with zero attached hydrogens (tertiary/aromatic N) is 4. The molecule has 0 atom stereocenters. The van der Waals surface area contributed by atoms with E-state index in [1.807, 2.05) is 0 Å². The predicted octanol–water partition coefficient (Wildman–Crippen LogP) is 6.30. The van der Waals surface area contributed by atoms with Crippen molar-refractivity contribution in [1.82, 2.24) is 14.6 Å². The average molecular weight is 531 g/mol. The Labute approximate surface area is 219 Å². The number of ether oxygens (including phenoxy) is 2. The van der Waals surface area contributed by atoms with Crippen LogP contribution in [-0.4, -0.2) is 32.5 Å². The number of halogens is 2. The van der Waals surface area contributed by atoms with Gasteiger partial charge in [0, 0.05) is 17.7 Å². The van der Waals surface area contributed by atoms with Crippen molar-refractivity contribution in [3.05, 3.63) is 106 Å². The Balaban J connectivity index is 1.49. The number of alkyl halides is 2. The van der Waals surface area contributed by atoms with Gasteiger partial charge in [-0.1, -0.05) is 30.3 Å². The maximum Gasteiger partial charge on any atom is 0.280 e. The number of methoxy groups -OCH3 is 1. The third-order valence-electron chi connectivity index (χ3n) is 5.69. The van der Waals surface area contributed by atoms with Crippen LogP contribution in [0.15, 0.2) is 85.1 Å². The van der Waals surface area contributed by atoms with E-state index in [0.29, 0.717) is 17.1 Å². The van der Waals surface area contributed by atoms with Gasteiger partial charge in [0.25, 0.3) is 18.0 Å². The van der Waals surface area contributed by atoms with Gasteiger partial charge in [-0.3, -0.25) is 14.9 Å². The van der Waals surface area contributed by atoms with Crippen LogP contribution in [0.1, 0.15) is 22.5 Å². The van der Waals surface area contributed by atoms with Gasteiger partial charge in [0.15, 0.2) is 5.65 Å². The number of carbonyl (C=O) groups is 1. The average Bonchev–Trinajstić information content (AvgIpc) is 3.37. The number of nitrogens with one attached hydrogen (secondary N) is 1. The number of anilines is 1. The molecule has 0 aliphatic heterocycles. The number of hydrogen-bond acceptors (Lipinski definition) is 7. The summed E-state index contributed by atoms with van der Waals surface area (Å²) in [6.07, 6.45) is -1.77. The second kappa shape index (κ2) is 10.5. The molecule has 12 heteroatoms. The highest BCUT2D eigenvalue weighted by atomic mass is 19.3. The van der Waals surface area contributed by atoms with Gasteiger partial charge in [0.2, 0.25) is 0 Å². The van der Waals surface area contributed by atoms with Crippen molar-refractivity contribution in [2.45, 2.75) is 6.43 Å². The number of nitro groups is 1. The lowest BCUT2D eigenvalue weighted by Gasteiger charge is -2.10. The van der Waals surface area contributed by atoms with Crippen molar-refractivity contribution in [2.24, 2.45) is 0 Å². The number of fused-ring (bicyclic) bond motifs is 1. The fourth-order valence-electron chi connectivity index (χ4n) is 3.86. The molecule has 1 amide bonds. The summed E-state index contributed by atoms with van der Waals surface area (Å²) in [6, 6.07) is 20.2. The zero-order valence-electron chi connectivity index (χ0n) is 20.2. The first-order chi connectivity index (χ1) is 18.8. The summed E-state index contributed by atoms with van der Waals surface area (Å²) in [5.41, 5.74) is -0.107. The monoisotopic (exact) mass is 531 g/mol. The minimum Gasteiger partial charge on any atom is -0.497 e. The first-order valence-electron chi connectivity index (χ1n) is 11.5. The van der Waals surface area contributed by atoms with Crippen molar-refractivity contribution >= 4 is 22.9 Å². The lowest BCUT2D eigenvalue weighted by molar-refractivity contribution is -0.384. The molecule has 39 heavy (non-hydrogen) atoms. The number of aromatic nitrogens is 3. The molecule has 0 radical (unpaired) electrons. The molecule has 3 aromatic carbocycles. The van der Waals surface area contributed by atoms with Gasteiger partial charge < -0.3 is 14.8 Å². The minimum absolute atomic E-state index is 0.0466. The first kappa shape index (κ1) is 25.3. The Morgan fingerprint density at radius 3 is 2.38 bits per heavy atom. The smallest absolute Gasteiger partial charge is 0.280 e. The van der Waals surface area contributed by atoms with Gasteiger partial charge in [0.1, 0.15) is 28.5 Å². The minimum atomic E-state index is -2.89. The summed E-state index contributed by atoms with van der Waals surface area (Å²) in [5.74, 6) is 0.322. The fourth-order valence-corrected chi connectivity index (χ4v) is 3.86. The van der Waals surface area contributed by atoms with Crippen LogP contribution in [0.2, 0.25) is 0 Å². The van der Waals surface area contributed by atoms with E-state index in [9.17, 15) is 23.7 Å². The third-order valence-corrected chi connectivity index (χ3v) is 5.69. The molecule has 5 rings (SSSR count). The zero-order chi connectivity index (χ0) is 27.5. The summed E-state index contributed by atoms with van der Waals surface area (Å²) in [7, 11) is 1.52. The molecule has 0 bridgehead atoms. The molecule has 2 aromatic heterocycles. The summed E-state index contributed by atoms with van der Waals surface area (Å²) in [6.45, 7) is 0. The summed E-state index contributed by atoms with van der Waals surface area (Å²) < 4.78 is 39.5. The second-order valence-corrected chi connectivity index (χ2v) is 8.23. The Hall–Kier alpha value is -5.39. The number of nitro benzene ring substituents is 1. The van der Waals surface area contributed by atoms with Gasteiger partial charge in [-0.15, -0.1) is 0 Å². The van der Waals surface area contributed by atoms with Gasteiger partial charge in [-0.25, -0.2) is 18.3 Å². The van der Waals surface area contributed by atoms with Gasteiger partial charge in [-0.2, -0.15) is 5.10 Å². The lowest BCUT2D eigenvalue weighted by atomic mass is 10.1. The standard InChI is InChI=1S/C27H19F2N5O5/c1-38-19-7-9-20(10-8-19)39-21-12-17(11-18(13-21)34(36)37)31-27(35)22-15-30-33-24(25(28)29)14-23(32-26(22)33)16-5-3-2-4-6-16/h2-15,25H,1H3,(H,31,35). The number of benzene rings is 3. The van der Waals surface area contributed by atoms with Crippen molar-refractivity contribution < 1.29 is 28.0 Å². The molecular formula is C27H19F2N5O5. The summed E-state index contributed by atoms with van der Waals surface area (Å²) in [4.78, 5) is 28.5. The second-order valence-electron chi connectivity index (χ2n) is 8.23. The van der Waals surface area contributed by atoms with Crippen LogP contribution in [0.25, 0.3) is 16.9 Å². The predicted molar refractivity (Wildman–Crippen MR) is 137 cm³/mol. The number of amides is 1. The Morgan fingerprint density at radius 1 is 1.00 bits per heavy atom. The van der Waals surface area contributed by atoms with E-state index in [4.69, 9.17) is 9.47 Å². The summed E-state index contributed by atoms with van der Waals surface area (Å²) >= 11 is 0.